The number of nitrogens with zero attached hydrogens (tertiary/aromatic N) is 5. The molecular formula is C13H17N5O2S2. The second kappa shape index (κ2) is 5.81. The molecule has 7 nitrogen and oxygen atoms in total. The minimum absolute atomic E-state index is 0.249. The van der Waals surface area contributed by atoms with Crippen LogP contribution in [0.2, 0.25) is 0 Å². The van der Waals surface area contributed by atoms with E-state index in [0.717, 1.165) is 42.1 Å². The van der Waals surface area contributed by atoms with E-state index in [1.54, 1.807) is 23.5 Å². The zero-order chi connectivity index (χ0) is 15.7. The van der Waals surface area contributed by atoms with Crippen LogP contribution in [0, 0.1) is 6.92 Å². The highest BCUT2D eigenvalue weighted by molar-refractivity contribution is 7.90. The van der Waals surface area contributed by atoms with Crippen LogP contribution in [0.15, 0.2) is 23.2 Å². The SMILES string of the molecule is Cc1nnc(N2CCN(c3ccc(S(C)(=O)=O)cn3)CC2)s1. The maximum Gasteiger partial charge on any atom is 0.208 e. The summed E-state index contributed by atoms with van der Waals surface area (Å²) in [5.41, 5.74) is 0. The van der Waals surface area contributed by atoms with Crippen LogP contribution in [0.1, 0.15) is 5.01 Å². The molecule has 2 aromatic rings. The zero-order valence-electron chi connectivity index (χ0n) is 12.4. The van der Waals surface area contributed by atoms with Gasteiger partial charge in [0.15, 0.2) is 9.84 Å². The summed E-state index contributed by atoms with van der Waals surface area (Å²) >= 11 is 1.60. The lowest BCUT2D eigenvalue weighted by Crippen LogP contribution is -2.46. The van der Waals surface area contributed by atoms with E-state index in [9.17, 15) is 8.42 Å². The van der Waals surface area contributed by atoms with E-state index in [0.29, 0.717) is 0 Å². The number of hydrogen-bond donors (Lipinski definition) is 0. The number of sulfone groups is 1. The normalized spacial score (nSPS) is 16.1. The Morgan fingerprint density at radius 1 is 1.09 bits per heavy atom. The second-order valence-electron chi connectivity index (χ2n) is 5.20. The molecule has 0 spiro atoms. The van der Waals surface area contributed by atoms with Crippen molar-refractivity contribution in [1.82, 2.24) is 15.2 Å². The summed E-state index contributed by atoms with van der Waals surface area (Å²) < 4.78 is 22.9. The fourth-order valence-electron chi connectivity index (χ4n) is 2.32. The molecule has 0 atom stereocenters. The van der Waals surface area contributed by atoms with E-state index in [1.807, 2.05) is 6.92 Å². The average molecular weight is 339 g/mol. The van der Waals surface area contributed by atoms with E-state index in [-0.39, 0.29) is 4.90 Å². The van der Waals surface area contributed by atoms with Crippen LogP contribution in [0.3, 0.4) is 0 Å². The summed E-state index contributed by atoms with van der Waals surface area (Å²) in [5.74, 6) is 0.806. The maximum absolute atomic E-state index is 11.5. The van der Waals surface area contributed by atoms with Gasteiger partial charge in [0.05, 0.1) is 4.90 Å². The number of pyridine rings is 1. The summed E-state index contributed by atoms with van der Waals surface area (Å²) in [6.45, 7) is 5.30. The van der Waals surface area contributed by atoms with Gasteiger partial charge in [0.2, 0.25) is 5.13 Å². The predicted molar refractivity (Wildman–Crippen MR) is 86.4 cm³/mol. The quantitative estimate of drug-likeness (QED) is 0.824. The van der Waals surface area contributed by atoms with Gasteiger partial charge in [-0.2, -0.15) is 0 Å². The number of rotatable bonds is 3. The van der Waals surface area contributed by atoms with Crippen LogP contribution in [-0.4, -0.2) is 56.0 Å². The molecule has 22 heavy (non-hydrogen) atoms. The lowest BCUT2D eigenvalue weighted by molar-refractivity contribution is 0.601. The highest BCUT2D eigenvalue weighted by Gasteiger charge is 2.21. The molecule has 0 aromatic carbocycles. The van der Waals surface area contributed by atoms with Gasteiger partial charge in [-0.15, -0.1) is 10.2 Å². The van der Waals surface area contributed by atoms with Gasteiger partial charge in [0.25, 0.3) is 0 Å². The van der Waals surface area contributed by atoms with E-state index < -0.39 is 9.84 Å². The van der Waals surface area contributed by atoms with Crippen LogP contribution in [-0.2, 0) is 9.84 Å². The molecule has 1 aliphatic rings. The molecule has 1 saturated heterocycles. The van der Waals surface area contributed by atoms with Crippen LogP contribution in [0.25, 0.3) is 0 Å². The summed E-state index contributed by atoms with van der Waals surface area (Å²) in [6.07, 6.45) is 2.61. The van der Waals surface area contributed by atoms with Gasteiger partial charge in [-0.3, -0.25) is 0 Å². The first-order valence-corrected chi connectivity index (χ1v) is 9.60. The van der Waals surface area contributed by atoms with Crippen LogP contribution < -0.4 is 9.80 Å². The summed E-state index contributed by atoms with van der Waals surface area (Å²) in [4.78, 5) is 8.89. The molecule has 118 valence electrons. The molecule has 1 fully saturated rings. The third kappa shape index (κ3) is 3.20. The Balaban J connectivity index is 1.66. The molecule has 1 aliphatic heterocycles. The number of piperazine rings is 1. The molecule has 0 amide bonds. The first-order chi connectivity index (χ1) is 10.4. The van der Waals surface area contributed by atoms with E-state index in [2.05, 4.69) is 25.0 Å². The molecule has 3 heterocycles. The molecule has 0 radical (unpaired) electrons. The highest BCUT2D eigenvalue weighted by atomic mass is 32.2. The van der Waals surface area contributed by atoms with Crippen molar-refractivity contribution in [1.29, 1.82) is 0 Å². The lowest BCUT2D eigenvalue weighted by Gasteiger charge is -2.35. The van der Waals surface area contributed by atoms with E-state index >= 15 is 0 Å². The Kier molecular flexibility index (Phi) is 4.00. The smallest absolute Gasteiger partial charge is 0.208 e. The monoisotopic (exact) mass is 339 g/mol. The Morgan fingerprint density at radius 3 is 2.27 bits per heavy atom. The lowest BCUT2D eigenvalue weighted by atomic mass is 10.3. The Morgan fingerprint density at radius 2 is 1.77 bits per heavy atom. The van der Waals surface area contributed by atoms with Crippen LogP contribution >= 0.6 is 11.3 Å². The van der Waals surface area contributed by atoms with Crippen LogP contribution in [0.4, 0.5) is 10.9 Å². The molecule has 3 rings (SSSR count). The molecule has 0 unspecified atom stereocenters. The Hall–Kier alpha value is -1.74. The van der Waals surface area contributed by atoms with Crippen molar-refractivity contribution in [3.63, 3.8) is 0 Å². The number of hydrogen-bond acceptors (Lipinski definition) is 8. The van der Waals surface area contributed by atoms with Gasteiger partial charge >= 0.3 is 0 Å². The standard InChI is InChI=1S/C13H17N5O2S2/c1-10-15-16-13(21-10)18-7-5-17(6-8-18)12-4-3-11(9-14-12)22(2,19)20/h3-4,9H,5-8H2,1-2H3. The van der Waals surface area contributed by atoms with E-state index in [1.165, 1.54) is 12.5 Å². The fourth-order valence-corrected chi connectivity index (χ4v) is 3.62. The highest BCUT2D eigenvalue weighted by Crippen LogP contribution is 2.22. The van der Waals surface area contributed by atoms with E-state index in [4.69, 9.17) is 0 Å². The first kappa shape index (κ1) is 15.2. The second-order valence-corrected chi connectivity index (χ2v) is 8.38. The van der Waals surface area contributed by atoms with Crippen molar-refractivity contribution in [3.05, 3.63) is 23.3 Å². The number of aromatic nitrogens is 3. The molecule has 0 N–H and O–H groups in total. The fraction of sp³-hybridized carbons (Fsp3) is 0.462. The zero-order valence-corrected chi connectivity index (χ0v) is 14.1. The van der Waals surface area contributed by atoms with Gasteiger partial charge in [0.1, 0.15) is 10.8 Å². The van der Waals surface area contributed by atoms with Crippen molar-refractivity contribution in [2.24, 2.45) is 0 Å². The molecule has 0 saturated carbocycles. The first-order valence-electron chi connectivity index (χ1n) is 6.89. The van der Waals surface area contributed by atoms with Gasteiger partial charge in [0, 0.05) is 38.6 Å². The van der Waals surface area contributed by atoms with Gasteiger partial charge in [-0.25, -0.2) is 13.4 Å². The summed E-state index contributed by atoms with van der Waals surface area (Å²) in [7, 11) is -3.20. The van der Waals surface area contributed by atoms with Crippen LogP contribution in [0.5, 0.6) is 0 Å². The van der Waals surface area contributed by atoms with Crippen molar-refractivity contribution in [2.45, 2.75) is 11.8 Å². The Labute approximate surface area is 133 Å². The van der Waals surface area contributed by atoms with Crippen molar-refractivity contribution in [3.8, 4) is 0 Å². The molecule has 0 bridgehead atoms. The molecule has 2 aromatic heterocycles. The summed E-state index contributed by atoms with van der Waals surface area (Å²) in [5, 5.41) is 10.1. The molecular weight excluding hydrogens is 322 g/mol. The van der Waals surface area contributed by atoms with Crippen molar-refractivity contribution in [2.75, 3.05) is 42.2 Å². The third-order valence-electron chi connectivity index (χ3n) is 3.54. The van der Waals surface area contributed by atoms with Gasteiger partial charge < -0.3 is 9.80 Å². The largest absolute Gasteiger partial charge is 0.353 e. The molecule has 9 heteroatoms. The summed E-state index contributed by atoms with van der Waals surface area (Å²) in [6, 6.07) is 3.37. The van der Waals surface area contributed by atoms with Gasteiger partial charge in [-0.05, 0) is 19.1 Å². The number of anilines is 2. The average Bonchev–Trinajstić information content (AvgIpc) is 2.93. The predicted octanol–water partition coefficient (Wildman–Crippen LogP) is 0.972. The Bertz CT molecular complexity index is 749. The molecule has 0 aliphatic carbocycles. The van der Waals surface area contributed by atoms with Crippen molar-refractivity contribution < 1.29 is 8.42 Å². The third-order valence-corrected chi connectivity index (χ3v) is 5.54. The maximum atomic E-state index is 11.5. The van der Waals surface area contributed by atoms with Crippen molar-refractivity contribution >= 4 is 32.1 Å². The minimum atomic E-state index is -3.20. The minimum Gasteiger partial charge on any atom is -0.353 e. The number of aryl methyl sites for hydroxylation is 1. The van der Waals surface area contributed by atoms with Gasteiger partial charge in [-0.1, -0.05) is 11.3 Å². The topological polar surface area (TPSA) is 79.3 Å².